The molecule has 2 rings (SSSR count). The Labute approximate surface area is 119 Å². The van der Waals surface area contributed by atoms with Crippen molar-refractivity contribution >= 4 is 27.7 Å². The third-order valence-corrected chi connectivity index (χ3v) is 4.04. The van der Waals surface area contributed by atoms with E-state index in [2.05, 4.69) is 42.8 Å². The minimum Gasteiger partial charge on any atom is -0.329 e. The van der Waals surface area contributed by atoms with Gasteiger partial charge in [0.05, 0.1) is 0 Å². The van der Waals surface area contributed by atoms with Crippen LogP contribution in [0.25, 0.3) is 0 Å². The van der Waals surface area contributed by atoms with Gasteiger partial charge in [0.25, 0.3) is 0 Å². The Bertz CT molecular complexity index is 527. The lowest BCUT2D eigenvalue weighted by molar-refractivity contribution is 0.627. The summed E-state index contributed by atoms with van der Waals surface area (Å²) in [6.07, 6.45) is 0. The molecule has 1 heterocycles. The number of benzene rings is 1. The average Bonchev–Trinajstić information content (AvgIpc) is 2.69. The highest BCUT2D eigenvalue weighted by Gasteiger charge is 2.08. The van der Waals surface area contributed by atoms with Crippen LogP contribution in [0.15, 0.2) is 33.9 Å². The number of halogens is 1. The van der Waals surface area contributed by atoms with Crippen LogP contribution < -0.4 is 5.73 Å². The number of hydrogen-bond acceptors (Lipinski definition) is 4. The van der Waals surface area contributed by atoms with Crippen molar-refractivity contribution < 1.29 is 0 Å². The van der Waals surface area contributed by atoms with E-state index in [-0.39, 0.29) is 0 Å². The molecular formula is C12H15BrN4S. The Hall–Kier alpha value is -0.850. The van der Waals surface area contributed by atoms with Gasteiger partial charge in [-0.15, -0.1) is 10.2 Å². The van der Waals surface area contributed by atoms with E-state index in [1.165, 1.54) is 5.56 Å². The number of nitrogens with two attached hydrogens (primary N) is 1. The van der Waals surface area contributed by atoms with Gasteiger partial charge in [-0.1, -0.05) is 39.8 Å². The molecule has 2 aromatic rings. The molecule has 96 valence electrons. The fourth-order valence-electron chi connectivity index (χ4n) is 1.63. The molecular weight excluding hydrogens is 312 g/mol. The SMILES string of the molecule is Cc1nnc(SCc2cccc(Br)c2)n1CCN. The van der Waals surface area contributed by atoms with E-state index in [1.54, 1.807) is 11.8 Å². The Morgan fingerprint density at radius 1 is 1.39 bits per heavy atom. The molecule has 0 spiro atoms. The Kier molecular flexibility index (Phi) is 4.79. The van der Waals surface area contributed by atoms with Crippen molar-refractivity contribution in [3.63, 3.8) is 0 Å². The summed E-state index contributed by atoms with van der Waals surface area (Å²) in [6, 6.07) is 8.28. The first-order valence-electron chi connectivity index (χ1n) is 5.68. The second-order valence-electron chi connectivity index (χ2n) is 3.89. The Morgan fingerprint density at radius 3 is 2.94 bits per heavy atom. The molecule has 4 nitrogen and oxygen atoms in total. The molecule has 2 N–H and O–H groups in total. The van der Waals surface area contributed by atoms with E-state index in [4.69, 9.17) is 5.73 Å². The summed E-state index contributed by atoms with van der Waals surface area (Å²) in [5, 5.41) is 9.20. The third kappa shape index (κ3) is 3.34. The highest BCUT2D eigenvalue weighted by Crippen LogP contribution is 2.23. The van der Waals surface area contributed by atoms with E-state index in [9.17, 15) is 0 Å². The summed E-state index contributed by atoms with van der Waals surface area (Å²) >= 11 is 5.16. The first-order valence-corrected chi connectivity index (χ1v) is 7.45. The van der Waals surface area contributed by atoms with Crippen molar-refractivity contribution in [3.05, 3.63) is 40.1 Å². The normalized spacial score (nSPS) is 10.8. The van der Waals surface area contributed by atoms with Crippen LogP contribution in [0.2, 0.25) is 0 Å². The molecule has 0 unspecified atom stereocenters. The molecule has 1 aromatic carbocycles. The van der Waals surface area contributed by atoms with Crippen molar-refractivity contribution in [2.75, 3.05) is 6.54 Å². The maximum absolute atomic E-state index is 5.59. The molecule has 0 radical (unpaired) electrons. The van der Waals surface area contributed by atoms with Crippen molar-refractivity contribution in [1.82, 2.24) is 14.8 Å². The predicted molar refractivity (Wildman–Crippen MR) is 77.5 cm³/mol. The molecule has 18 heavy (non-hydrogen) atoms. The number of aromatic nitrogens is 3. The molecule has 0 amide bonds. The summed E-state index contributed by atoms with van der Waals surface area (Å²) in [4.78, 5) is 0. The van der Waals surface area contributed by atoms with Gasteiger partial charge in [0.15, 0.2) is 5.16 Å². The van der Waals surface area contributed by atoms with Crippen LogP contribution in [-0.4, -0.2) is 21.3 Å². The van der Waals surface area contributed by atoms with Crippen molar-refractivity contribution in [3.8, 4) is 0 Å². The summed E-state index contributed by atoms with van der Waals surface area (Å²) in [5.74, 6) is 1.79. The zero-order valence-corrected chi connectivity index (χ0v) is 12.5. The van der Waals surface area contributed by atoms with E-state index in [1.807, 2.05) is 19.1 Å². The molecule has 6 heteroatoms. The standard InChI is InChI=1S/C12H15BrN4S/c1-9-15-16-12(17(9)6-5-14)18-8-10-3-2-4-11(13)7-10/h2-4,7H,5-6,8,14H2,1H3. The van der Waals surface area contributed by atoms with Gasteiger partial charge in [-0.3, -0.25) is 0 Å². The minimum atomic E-state index is 0.601. The molecule has 0 saturated carbocycles. The molecule has 0 fully saturated rings. The van der Waals surface area contributed by atoms with Gasteiger partial charge in [-0.2, -0.15) is 0 Å². The summed E-state index contributed by atoms with van der Waals surface area (Å²) in [5.41, 5.74) is 6.85. The first kappa shape index (κ1) is 13.6. The fourth-order valence-corrected chi connectivity index (χ4v) is 3.03. The van der Waals surface area contributed by atoms with Crippen molar-refractivity contribution in [1.29, 1.82) is 0 Å². The fraction of sp³-hybridized carbons (Fsp3) is 0.333. The van der Waals surface area contributed by atoms with Crippen molar-refractivity contribution in [2.24, 2.45) is 5.73 Å². The lowest BCUT2D eigenvalue weighted by Gasteiger charge is -2.06. The van der Waals surface area contributed by atoms with E-state index < -0.39 is 0 Å². The monoisotopic (exact) mass is 326 g/mol. The van der Waals surface area contributed by atoms with Gasteiger partial charge in [-0.25, -0.2) is 0 Å². The van der Waals surface area contributed by atoms with Gasteiger partial charge in [0, 0.05) is 23.3 Å². The third-order valence-electron chi connectivity index (χ3n) is 2.51. The quantitative estimate of drug-likeness (QED) is 0.858. The van der Waals surface area contributed by atoms with E-state index >= 15 is 0 Å². The van der Waals surface area contributed by atoms with Crippen LogP contribution >= 0.6 is 27.7 Å². The molecule has 0 aliphatic carbocycles. The number of nitrogens with zero attached hydrogens (tertiary/aromatic N) is 3. The molecule has 0 aliphatic heterocycles. The molecule has 0 bridgehead atoms. The van der Waals surface area contributed by atoms with Gasteiger partial charge in [0.1, 0.15) is 5.82 Å². The average molecular weight is 327 g/mol. The minimum absolute atomic E-state index is 0.601. The van der Waals surface area contributed by atoms with Gasteiger partial charge in [0.2, 0.25) is 0 Å². The van der Waals surface area contributed by atoms with E-state index in [0.29, 0.717) is 6.54 Å². The van der Waals surface area contributed by atoms with Crippen LogP contribution in [0.3, 0.4) is 0 Å². The number of aryl methyl sites for hydroxylation is 1. The topological polar surface area (TPSA) is 56.7 Å². The highest BCUT2D eigenvalue weighted by atomic mass is 79.9. The maximum atomic E-state index is 5.59. The summed E-state index contributed by atoms with van der Waals surface area (Å²) in [6.45, 7) is 3.31. The van der Waals surface area contributed by atoms with Crippen LogP contribution in [0, 0.1) is 6.92 Å². The maximum Gasteiger partial charge on any atom is 0.191 e. The largest absolute Gasteiger partial charge is 0.329 e. The van der Waals surface area contributed by atoms with E-state index in [0.717, 1.165) is 27.8 Å². The Balaban J connectivity index is 2.06. The molecule has 0 aliphatic rings. The van der Waals surface area contributed by atoms with Gasteiger partial charge in [-0.05, 0) is 24.6 Å². The molecule has 0 atom stereocenters. The number of hydrogen-bond donors (Lipinski definition) is 1. The van der Waals surface area contributed by atoms with Gasteiger partial charge < -0.3 is 10.3 Å². The van der Waals surface area contributed by atoms with Crippen LogP contribution in [-0.2, 0) is 12.3 Å². The first-order chi connectivity index (χ1) is 8.70. The lowest BCUT2D eigenvalue weighted by atomic mass is 10.2. The second kappa shape index (κ2) is 6.36. The van der Waals surface area contributed by atoms with Crippen LogP contribution in [0.5, 0.6) is 0 Å². The highest BCUT2D eigenvalue weighted by molar-refractivity contribution is 9.10. The zero-order chi connectivity index (χ0) is 13.0. The molecule has 1 aromatic heterocycles. The number of rotatable bonds is 5. The molecule has 0 saturated heterocycles. The Morgan fingerprint density at radius 2 is 2.22 bits per heavy atom. The van der Waals surface area contributed by atoms with Crippen LogP contribution in [0.1, 0.15) is 11.4 Å². The zero-order valence-electron chi connectivity index (χ0n) is 10.1. The van der Waals surface area contributed by atoms with Crippen LogP contribution in [0.4, 0.5) is 0 Å². The summed E-state index contributed by atoms with van der Waals surface area (Å²) in [7, 11) is 0. The lowest BCUT2D eigenvalue weighted by Crippen LogP contribution is -2.12. The second-order valence-corrected chi connectivity index (χ2v) is 5.75. The predicted octanol–water partition coefficient (Wildman–Crippen LogP) is 2.60. The number of thioether (sulfide) groups is 1. The van der Waals surface area contributed by atoms with Crippen molar-refractivity contribution in [2.45, 2.75) is 24.4 Å². The van der Waals surface area contributed by atoms with Gasteiger partial charge >= 0.3 is 0 Å². The summed E-state index contributed by atoms with van der Waals surface area (Å²) < 4.78 is 3.16. The smallest absolute Gasteiger partial charge is 0.191 e.